The van der Waals surface area contributed by atoms with Gasteiger partial charge in [0.15, 0.2) is 0 Å². The van der Waals surface area contributed by atoms with Crippen LogP contribution >= 0.6 is 23.2 Å². The lowest BCUT2D eigenvalue weighted by Crippen LogP contribution is -2.10. The van der Waals surface area contributed by atoms with Gasteiger partial charge in [-0.3, -0.25) is 0 Å². The quantitative estimate of drug-likeness (QED) is 0.710. The van der Waals surface area contributed by atoms with E-state index in [0.717, 1.165) is 0 Å². The van der Waals surface area contributed by atoms with Gasteiger partial charge in [-0.1, -0.05) is 29.3 Å². The summed E-state index contributed by atoms with van der Waals surface area (Å²) < 4.78 is 42.2. The van der Waals surface area contributed by atoms with Gasteiger partial charge in [0.1, 0.15) is 29.1 Å². The monoisotopic (exact) mass is 379 g/mol. The summed E-state index contributed by atoms with van der Waals surface area (Å²) in [5.74, 6) is 0.152. The molecule has 0 bridgehead atoms. The Morgan fingerprint density at radius 3 is 2.42 bits per heavy atom. The molecule has 0 saturated carbocycles. The van der Waals surface area contributed by atoms with E-state index < -0.39 is 12.8 Å². The Morgan fingerprint density at radius 1 is 1.12 bits per heavy atom. The van der Waals surface area contributed by atoms with Crippen molar-refractivity contribution >= 4 is 29.0 Å². The molecule has 4 nitrogen and oxygen atoms in total. The standard InChI is InChI=1S/C15H14Cl2F3N3O/c1-7(18)13-12(17)14(22-6-21-13)23-8(2)9-3-4-11(10(16)5-9)24-15(19)20/h3-8,15H,1-2H3,(H,21,22,23). The molecular formula is C15H14Cl2F3N3O. The van der Waals surface area contributed by atoms with E-state index in [0.29, 0.717) is 5.56 Å². The molecule has 1 N–H and O–H groups in total. The lowest BCUT2D eigenvalue weighted by Gasteiger charge is -2.18. The van der Waals surface area contributed by atoms with Crippen LogP contribution in [0.25, 0.3) is 0 Å². The smallest absolute Gasteiger partial charge is 0.387 e. The van der Waals surface area contributed by atoms with Crippen molar-refractivity contribution in [3.05, 3.63) is 45.8 Å². The summed E-state index contributed by atoms with van der Waals surface area (Å²) in [6, 6.07) is 4.09. The van der Waals surface area contributed by atoms with E-state index in [1.165, 1.54) is 25.4 Å². The molecule has 0 aliphatic heterocycles. The highest BCUT2D eigenvalue weighted by molar-refractivity contribution is 6.33. The molecule has 0 aliphatic rings. The second-order valence-electron chi connectivity index (χ2n) is 4.97. The predicted molar refractivity (Wildman–Crippen MR) is 86.7 cm³/mol. The molecule has 24 heavy (non-hydrogen) atoms. The van der Waals surface area contributed by atoms with Crippen LogP contribution in [0.1, 0.15) is 37.3 Å². The molecule has 9 heteroatoms. The number of aromatic nitrogens is 2. The minimum Gasteiger partial charge on any atom is -0.433 e. The van der Waals surface area contributed by atoms with E-state index in [4.69, 9.17) is 23.2 Å². The summed E-state index contributed by atoms with van der Waals surface area (Å²) in [5.41, 5.74) is 0.770. The van der Waals surface area contributed by atoms with E-state index in [-0.39, 0.29) is 33.3 Å². The Morgan fingerprint density at radius 2 is 1.83 bits per heavy atom. The Hall–Kier alpha value is -1.73. The van der Waals surface area contributed by atoms with Crippen LogP contribution in [0.15, 0.2) is 24.5 Å². The molecule has 1 heterocycles. The van der Waals surface area contributed by atoms with Gasteiger partial charge in [-0.2, -0.15) is 8.78 Å². The number of rotatable bonds is 6. The van der Waals surface area contributed by atoms with Crippen molar-refractivity contribution in [2.75, 3.05) is 5.32 Å². The average molecular weight is 380 g/mol. The third-order valence-electron chi connectivity index (χ3n) is 3.22. The number of nitrogens with one attached hydrogen (secondary N) is 1. The van der Waals surface area contributed by atoms with Gasteiger partial charge < -0.3 is 10.1 Å². The van der Waals surface area contributed by atoms with Crippen LogP contribution in [0.2, 0.25) is 10.0 Å². The van der Waals surface area contributed by atoms with Gasteiger partial charge in [-0.15, -0.1) is 0 Å². The predicted octanol–water partition coefficient (Wildman–Crippen LogP) is 5.59. The minimum atomic E-state index is -2.95. The number of hydrogen-bond acceptors (Lipinski definition) is 4. The van der Waals surface area contributed by atoms with Crippen LogP contribution in [-0.4, -0.2) is 16.6 Å². The minimum absolute atomic E-state index is 0.0494. The zero-order chi connectivity index (χ0) is 17.9. The number of alkyl halides is 3. The van der Waals surface area contributed by atoms with Gasteiger partial charge in [0.05, 0.1) is 16.8 Å². The molecule has 2 unspecified atom stereocenters. The molecule has 0 spiro atoms. The summed E-state index contributed by atoms with van der Waals surface area (Å²) in [7, 11) is 0. The van der Waals surface area contributed by atoms with Gasteiger partial charge in [0.2, 0.25) is 0 Å². The number of hydrogen-bond donors (Lipinski definition) is 1. The molecule has 0 saturated heterocycles. The molecule has 0 aliphatic carbocycles. The van der Waals surface area contributed by atoms with Gasteiger partial charge in [0.25, 0.3) is 0 Å². The number of benzene rings is 1. The first kappa shape index (κ1) is 18.6. The highest BCUT2D eigenvalue weighted by Crippen LogP contribution is 2.33. The molecule has 0 radical (unpaired) electrons. The third kappa shape index (κ3) is 4.42. The average Bonchev–Trinajstić information content (AvgIpc) is 2.50. The van der Waals surface area contributed by atoms with Gasteiger partial charge >= 0.3 is 6.61 Å². The fraction of sp³-hybridized carbons (Fsp3) is 0.333. The van der Waals surface area contributed by atoms with E-state index >= 15 is 0 Å². The van der Waals surface area contributed by atoms with E-state index in [2.05, 4.69) is 20.0 Å². The van der Waals surface area contributed by atoms with Gasteiger partial charge in [0, 0.05) is 0 Å². The first-order valence-electron chi connectivity index (χ1n) is 6.94. The second-order valence-corrected chi connectivity index (χ2v) is 5.76. The summed E-state index contributed by atoms with van der Waals surface area (Å²) in [5, 5.41) is 3.15. The zero-order valence-corrected chi connectivity index (χ0v) is 14.2. The zero-order valence-electron chi connectivity index (χ0n) is 12.7. The van der Waals surface area contributed by atoms with Crippen LogP contribution in [0, 0.1) is 0 Å². The number of ether oxygens (including phenoxy) is 1. The second kappa shape index (κ2) is 7.90. The van der Waals surface area contributed by atoms with Crippen LogP contribution in [-0.2, 0) is 0 Å². The van der Waals surface area contributed by atoms with Crippen molar-refractivity contribution in [2.24, 2.45) is 0 Å². The maximum absolute atomic E-state index is 13.4. The van der Waals surface area contributed by atoms with Crippen molar-refractivity contribution in [1.82, 2.24) is 9.97 Å². The lowest BCUT2D eigenvalue weighted by molar-refractivity contribution is -0.0497. The molecule has 2 rings (SSSR count). The lowest BCUT2D eigenvalue weighted by atomic mass is 10.1. The first-order valence-corrected chi connectivity index (χ1v) is 7.70. The van der Waals surface area contributed by atoms with Crippen molar-refractivity contribution < 1.29 is 17.9 Å². The Bertz CT molecular complexity index is 716. The van der Waals surface area contributed by atoms with E-state index in [1.807, 2.05) is 0 Å². The highest BCUT2D eigenvalue weighted by Gasteiger charge is 2.17. The van der Waals surface area contributed by atoms with Crippen LogP contribution in [0.5, 0.6) is 5.75 Å². The number of nitrogens with zero attached hydrogens (tertiary/aromatic N) is 2. The SMILES string of the molecule is CC(F)c1ncnc(NC(C)c2ccc(OC(F)F)c(Cl)c2)c1Cl. The maximum atomic E-state index is 13.4. The molecule has 0 fully saturated rings. The molecule has 130 valence electrons. The summed E-state index contributed by atoms with van der Waals surface area (Å²) in [6.07, 6.45) is -0.129. The topological polar surface area (TPSA) is 47.0 Å². The van der Waals surface area contributed by atoms with E-state index in [1.54, 1.807) is 13.0 Å². The summed E-state index contributed by atoms with van der Waals surface area (Å²) in [6.45, 7) is 0.156. The fourth-order valence-corrected chi connectivity index (χ4v) is 2.56. The van der Waals surface area contributed by atoms with Crippen LogP contribution in [0.3, 0.4) is 0 Å². The van der Waals surface area contributed by atoms with Crippen molar-refractivity contribution in [3.63, 3.8) is 0 Å². The first-order chi connectivity index (χ1) is 11.3. The maximum Gasteiger partial charge on any atom is 0.387 e. The summed E-state index contributed by atoms with van der Waals surface area (Å²) >= 11 is 12.0. The van der Waals surface area contributed by atoms with Crippen LogP contribution in [0.4, 0.5) is 19.0 Å². The molecule has 2 aromatic rings. The largest absolute Gasteiger partial charge is 0.433 e. The fourth-order valence-electron chi connectivity index (χ4n) is 2.03. The summed E-state index contributed by atoms with van der Waals surface area (Å²) in [4.78, 5) is 7.79. The third-order valence-corrected chi connectivity index (χ3v) is 3.89. The van der Waals surface area contributed by atoms with Crippen molar-refractivity contribution in [2.45, 2.75) is 32.7 Å². The number of halogens is 5. The van der Waals surface area contributed by atoms with Crippen molar-refractivity contribution in [1.29, 1.82) is 0 Å². The van der Waals surface area contributed by atoms with Gasteiger partial charge in [-0.25, -0.2) is 14.4 Å². The number of anilines is 1. The highest BCUT2D eigenvalue weighted by atomic mass is 35.5. The molecular weight excluding hydrogens is 366 g/mol. The molecule has 0 amide bonds. The molecule has 1 aromatic carbocycles. The Balaban J connectivity index is 2.20. The van der Waals surface area contributed by atoms with Crippen LogP contribution < -0.4 is 10.1 Å². The Kier molecular flexibility index (Phi) is 6.12. The van der Waals surface area contributed by atoms with E-state index in [9.17, 15) is 13.2 Å². The molecule has 2 atom stereocenters. The normalized spacial score (nSPS) is 13.7. The Labute approximate surface area is 147 Å². The van der Waals surface area contributed by atoms with Gasteiger partial charge in [-0.05, 0) is 31.5 Å². The van der Waals surface area contributed by atoms with Crippen molar-refractivity contribution in [3.8, 4) is 5.75 Å². The molecule has 1 aromatic heterocycles.